The van der Waals surface area contributed by atoms with Crippen LogP contribution in [-0.4, -0.2) is 10.8 Å². The lowest BCUT2D eigenvalue weighted by Gasteiger charge is -2.07. The van der Waals surface area contributed by atoms with Crippen LogP contribution in [0, 0.1) is 5.92 Å². The number of aromatic nitrogens is 1. The Morgan fingerprint density at radius 2 is 2.11 bits per heavy atom. The lowest BCUT2D eigenvalue weighted by atomic mass is 9.99. The maximum Gasteiger partial charge on any atom is 0.137 e. The van der Waals surface area contributed by atoms with Crippen molar-refractivity contribution in [3.63, 3.8) is 0 Å². The van der Waals surface area contributed by atoms with Crippen molar-refractivity contribution in [1.29, 1.82) is 0 Å². The van der Waals surface area contributed by atoms with Gasteiger partial charge >= 0.3 is 0 Å². The van der Waals surface area contributed by atoms with Crippen molar-refractivity contribution in [3.8, 4) is 0 Å². The average Bonchev–Trinajstić information content (AvgIpc) is 2.27. The maximum absolute atomic E-state index is 11.9. The van der Waals surface area contributed by atoms with Gasteiger partial charge in [-0.05, 0) is 29.7 Å². The minimum Gasteiger partial charge on any atom is -0.299 e. The molecule has 0 fully saturated rings. The number of carbonyl (C=O) groups is 1. The largest absolute Gasteiger partial charge is 0.299 e. The summed E-state index contributed by atoms with van der Waals surface area (Å²) >= 11 is 5.94. The number of hydrogen-bond acceptors (Lipinski definition) is 2. The fourth-order valence-electron chi connectivity index (χ4n) is 2.07. The van der Waals surface area contributed by atoms with Crippen LogP contribution in [0.4, 0.5) is 0 Å². The molecule has 0 spiro atoms. The topological polar surface area (TPSA) is 30.0 Å². The minimum absolute atomic E-state index is 0.271. The fourth-order valence-corrected chi connectivity index (χ4v) is 2.24. The number of ketones is 1. The zero-order valence-corrected chi connectivity index (χ0v) is 11.4. The van der Waals surface area contributed by atoms with Crippen molar-refractivity contribution in [3.05, 3.63) is 41.0 Å². The van der Waals surface area contributed by atoms with Crippen LogP contribution in [0.1, 0.15) is 25.8 Å². The number of hydrogen-bond donors (Lipinski definition) is 0. The molecule has 0 aliphatic carbocycles. The first kappa shape index (κ1) is 13.0. The van der Waals surface area contributed by atoms with Crippen molar-refractivity contribution in [1.82, 2.24) is 4.98 Å². The molecule has 3 heteroatoms. The second-order valence-corrected chi connectivity index (χ2v) is 5.38. The highest BCUT2D eigenvalue weighted by molar-refractivity contribution is 6.31. The van der Waals surface area contributed by atoms with Crippen molar-refractivity contribution in [2.24, 2.45) is 5.92 Å². The van der Waals surface area contributed by atoms with Gasteiger partial charge in [0.05, 0.1) is 5.52 Å². The van der Waals surface area contributed by atoms with Gasteiger partial charge in [-0.15, -0.1) is 0 Å². The molecule has 1 heterocycles. The second-order valence-electron chi connectivity index (χ2n) is 4.94. The smallest absolute Gasteiger partial charge is 0.137 e. The molecule has 0 unspecified atom stereocenters. The Labute approximate surface area is 112 Å². The summed E-state index contributed by atoms with van der Waals surface area (Å²) in [6.07, 6.45) is 2.83. The predicted octanol–water partition coefficient (Wildman–Crippen LogP) is 4.05. The van der Waals surface area contributed by atoms with Gasteiger partial charge in [-0.3, -0.25) is 9.78 Å². The molecule has 1 aromatic carbocycles. The van der Waals surface area contributed by atoms with Crippen LogP contribution in [0.15, 0.2) is 30.5 Å². The number of benzene rings is 1. The van der Waals surface area contributed by atoms with E-state index in [1.807, 2.05) is 24.3 Å². The van der Waals surface area contributed by atoms with Gasteiger partial charge in [-0.25, -0.2) is 0 Å². The second kappa shape index (κ2) is 5.49. The summed E-state index contributed by atoms with van der Waals surface area (Å²) in [4.78, 5) is 16.2. The first-order valence-corrected chi connectivity index (χ1v) is 6.49. The molecule has 0 atom stereocenters. The van der Waals surface area contributed by atoms with Crippen molar-refractivity contribution < 1.29 is 4.79 Å². The molecule has 18 heavy (non-hydrogen) atoms. The van der Waals surface area contributed by atoms with Gasteiger partial charge in [0, 0.05) is 29.4 Å². The van der Waals surface area contributed by atoms with Crippen LogP contribution >= 0.6 is 11.6 Å². The predicted molar refractivity (Wildman–Crippen MR) is 74.9 cm³/mol. The Morgan fingerprint density at radius 3 is 2.83 bits per heavy atom. The number of rotatable bonds is 4. The molecular weight excluding hydrogens is 246 g/mol. The molecule has 2 aromatic rings. The summed E-state index contributed by atoms with van der Waals surface area (Å²) in [7, 11) is 0. The minimum atomic E-state index is 0.271. The quantitative estimate of drug-likeness (QED) is 0.831. The van der Waals surface area contributed by atoms with Gasteiger partial charge < -0.3 is 0 Å². The van der Waals surface area contributed by atoms with E-state index in [1.54, 1.807) is 6.20 Å². The molecule has 0 aliphatic heterocycles. The van der Waals surface area contributed by atoms with Gasteiger partial charge in [-0.1, -0.05) is 31.5 Å². The summed E-state index contributed by atoms with van der Waals surface area (Å²) in [6.45, 7) is 4.12. The zero-order chi connectivity index (χ0) is 13.1. The Kier molecular flexibility index (Phi) is 3.97. The number of halogens is 1. The van der Waals surface area contributed by atoms with E-state index in [2.05, 4.69) is 18.8 Å². The lowest BCUT2D eigenvalue weighted by Crippen LogP contribution is -2.06. The molecule has 0 saturated carbocycles. The first-order chi connectivity index (χ1) is 8.56. The van der Waals surface area contributed by atoms with Gasteiger partial charge in [0.15, 0.2) is 0 Å². The number of nitrogens with zero attached hydrogens (tertiary/aromatic N) is 1. The van der Waals surface area contributed by atoms with E-state index in [4.69, 9.17) is 11.6 Å². The number of carbonyl (C=O) groups excluding carboxylic acids is 1. The molecule has 0 amide bonds. The molecule has 2 nitrogen and oxygen atoms in total. The summed E-state index contributed by atoms with van der Waals surface area (Å²) in [5.41, 5.74) is 1.87. The number of pyridine rings is 1. The Bertz CT molecular complexity index is 578. The van der Waals surface area contributed by atoms with Crippen LogP contribution in [0.3, 0.4) is 0 Å². The molecule has 0 radical (unpaired) electrons. The summed E-state index contributed by atoms with van der Waals surface area (Å²) in [6, 6.07) is 7.51. The van der Waals surface area contributed by atoms with E-state index in [0.29, 0.717) is 23.8 Å². The first-order valence-electron chi connectivity index (χ1n) is 6.11. The maximum atomic E-state index is 11.9. The number of fused-ring (bicyclic) bond motifs is 1. The van der Waals surface area contributed by atoms with Crippen LogP contribution in [-0.2, 0) is 11.2 Å². The van der Waals surface area contributed by atoms with E-state index in [-0.39, 0.29) is 5.78 Å². The van der Waals surface area contributed by atoms with Crippen molar-refractivity contribution in [2.45, 2.75) is 26.7 Å². The summed E-state index contributed by atoms with van der Waals surface area (Å²) < 4.78 is 0. The molecular formula is C15H16ClNO. The highest BCUT2D eigenvalue weighted by Gasteiger charge is 2.09. The fraction of sp³-hybridized carbons (Fsp3) is 0.333. The van der Waals surface area contributed by atoms with Gasteiger partial charge in [0.25, 0.3) is 0 Å². The van der Waals surface area contributed by atoms with Crippen LogP contribution in [0.2, 0.25) is 5.02 Å². The molecule has 2 rings (SSSR count). The highest BCUT2D eigenvalue weighted by atomic mass is 35.5. The van der Waals surface area contributed by atoms with Crippen LogP contribution in [0.5, 0.6) is 0 Å². The lowest BCUT2D eigenvalue weighted by molar-refractivity contribution is -0.119. The summed E-state index contributed by atoms with van der Waals surface area (Å²) in [5.74, 6) is 0.674. The highest BCUT2D eigenvalue weighted by Crippen LogP contribution is 2.21. The third kappa shape index (κ3) is 3.08. The molecule has 94 valence electrons. The normalized spacial score (nSPS) is 11.1. The SMILES string of the molecule is CC(C)CC(=O)Cc1ccnc2cc(Cl)ccc12. The van der Waals surface area contributed by atoms with E-state index < -0.39 is 0 Å². The third-order valence-corrected chi connectivity index (χ3v) is 3.05. The monoisotopic (exact) mass is 261 g/mol. The van der Waals surface area contributed by atoms with E-state index in [0.717, 1.165) is 16.5 Å². The zero-order valence-electron chi connectivity index (χ0n) is 10.6. The standard InChI is InChI=1S/C15H16ClNO/c1-10(2)7-13(18)8-11-5-6-17-15-9-12(16)3-4-14(11)15/h3-6,9-10H,7-8H2,1-2H3. The average molecular weight is 262 g/mol. The third-order valence-electron chi connectivity index (χ3n) is 2.82. The van der Waals surface area contributed by atoms with Gasteiger partial charge in [0.1, 0.15) is 5.78 Å². The van der Waals surface area contributed by atoms with E-state index in [1.165, 1.54) is 0 Å². The molecule has 0 aliphatic rings. The van der Waals surface area contributed by atoms with Crippen molar-refractivity contribution >= 4 is 28.3 Å². The van der Waals surface area contributed by atoms with Crippen LogP contribution < -0.4 is 0 Å². The van der Waals surface area contributed by atoms with Gasteiger partial charge in [-0.2, -0.15) is 0 Å². The van der Waals surface area contributed by atoms with Crippen molar-refractivity contribution in [2.75, 3.05) is 0 Å². The van der Waals surface area contributed by atoms with Gasteiger partial charge in [0.2, 0.25) is 0 Å². The summed E-state index contributed by atoms with van der Waals surface area (Å²) in [5, 5.41) is 1.68. The molecule has 0 bridgehead atoms. The van der Waals surface area contributed by atoms with E-state index >= 15 is 0 Å². The number of Topliss-reactive ketones (excluding diaryl/α,β-unsaturated/α-hetero) is 1. The Balaban J connectivity index is 2.31. The van der Waals surface area contributed by atoms with E-state index in [9.17, 15) is 4.79 Å². The Morgan fingerprint density at radius 1 is 1.33 bits per heavy atom. The molecule has 0 saturated heterocycles. The molecule has 0 N–H and O–H groups in total. The molecule has 1 aromatic heterocycles. The van der Waals surface area contributed by atoms with Crippen LogP contribution in [0.25, 0.3) is 10.9 Å². The Hall–Kier alpha value is -1.41.